The summed E-state index contributed by atoms with van der Waals surface area (Å²) in [5, 5.41) is 9.29. The van der Waals surface area contributed by atoms with Crippen LogP contribution in [0.5, 0.6) is 0 Å². The molecule has 57 heavy (non-hydrogen) atoms. The zero-order valence-corrected chi connectivity index (χ0v) is 37.1. The second-order valence-corrected chi connectivity index (χ2v) is 16.9. The molecule has 0 spiro atoms. The van der Waals surface area contributed by atoms with Gasteiger partial charge < -0.3 is 28.5 Å². The van der Waals surface area contributed by atoms with E-state index in [1.54, 1.807) is 14.1 Å². The van der Waals surface area contributed by atoms with E-state index < -0.39 is 12.1 Å². The van der Waals surface area contributed by atoms with Gasteiger partial charge in [-0.1, -0.05) is 135 Å². The van der Waals surface area contributed by atoms with Crippen LogP contribution in [0.25, 0.3) is 0 Å². The van der Waals surface area contributed by atoms with Gasteiger partial charge in [-0.15, -0.1) is 0 Å². The molecule has 0 fully saturated rings. The van der Waals surface area contributed by atoms with E-state index in [9.17, 15) is 29.1 Å². The van der Waals surface area contributed by atoms with Gasteiger partial charge in [0.1, 0.15) is 13.2 Å². The van der Waals surface area contributed by atoms with Crippen LogP contribution in [0, 0.1) is 0 Å². The summed E-state index contributed by atoms with van der Waals surface area (Å²) in [4.78, 5) is 61.7. The Hall–Kier alpha value is -2.73. The van der Waals surface area contributed by atoms with Crippen molar-refractivity contribution in [1.29, 1.82) is 0 Å². The number of ether oxygens (including phenoxy) is 4. The molecule has 1 unspecified atom stereocenters. The van der Waals surface area contributed by atoms with Gasteiger partial charge in [-0.2, -0.15) is 0 Å². The number of aliphatic carboxylic acids is 1. The van der Waals surface area contributed by atoms with Gasteiger partial charge in [0, 0.05) is 19.3 Å². The van der Waals surface area contributed by atoms with E-state index in [1.807, 2.05) is 19.0 Å². The predicted molar refractivity (Wildman–Crippen MR) is 226 cm³/mol. The lowest BCUT2D eigenvalue weighted by atomic mass is 10.1. The minimum Gasteiger partial charge on any atom is -0.477 e. The molecular weight excluding hydrogens is 728 g/mol. The fraction of sp³-hybridized carbons (Fsp3) is 0.889. The van der Waals surface area contributed by atoms with Gasteiger partial charge in [0.2, 0.25) is 0 Å². The van der Waals surface area contributed by atoms with Crippen molar-refractivity contribution in [3.05, 3.63) is 0 Å². The van der Waals surface area contributed by atoms with E-state index >= 15 is 0 Å². The number of carbonyl (C=O) groups excluding carboxylic acids is 4. The number of hydrogen-bond donors (Lipinski definition) is 1. The van der Waals surface area contributed by atoms with Crippen LogP contribution in [-0.2, 0) is 42.9 Å². The molecule has 0 aliphatic rings. The molecule has 0 saturated carbocycles. The van der Waals surface area contributed by atoms with Crippen LogP contribution in [0.1, 0.15) is 187 Å². The van der Waals surface area contributed by atoms with Crippen LogP contribution in [0.2, 0.25) is 0 Å². The number of hydrogen-bond acceptors (Lipinski definition) is 10. The first-order chi connectivity index (χ1) is 27.3. The smallest absolute Gasteiger partial charge is 0.359 e. The number of carboxylic acids is 1. The number of carbonyl (C=O) groups is 5. The van der Waals surface area contributed by atoms with Crippen molar-refractivity contribution >= 4 is 29.8 Å². The molecule has 1 atom stereocenters. The molecule has 12 nitrogen and oxygen atoms in total. The maximum Gasteiger partial charge on any atom is 0.359 e. The summed E-state index contributed by atoms with van der Waals surface area (Å²) >= 11 is 0. The molecular formula is C45H85N2O10+. The van der Waals surface area contributed by atoms with Gasteiger partial charge in [-0.3, -0.25) is 24.1 Å². The second-order valence-electron chi connectivity index (χ2n) is 16.9. The summed E-state index contributed by atoms with van der Waals surface area (Å²) in [5.41, 5.74) is 0. The fourth-order valence-corrected chi connectivity index (χ4v) is 6.80. The SMILES string of the molecule is CCCCCCCCCC(=O)OCC(C[N+](C)(C)CC(=O)O)OC(=O)CCCCCCCCCCC(=O)OCCCCCCCCCCCCOC(=O)CN(C)C. The molecule has 0 amide bonds. The van der Waals surface area contributed by atoms with Gasteiger partial charge in [0.15, 0.2) is 12.6 Å². The average molecular weight is 814 g/mol. The minimum atomic E-state index is -0.943. The van der Waals surface area contributed by atoms with E-state index in [0.717, 1.165) is 89.9 Å². The normalized spacial score (nSPS) is 12.0. The van der Waals surface area contributed by atoms with Gasteiger partial charge in [0.25, 0.3) is 0 Å². The third kappa shape index (κ3) is 39.9. The third-order valence-corrected chi connectivity index (χ3v) is 10.00. The van der Waals surface area contributed by atoms with Crippen molar-refractivity contribution in [1.82, 2.24) is 4.90 Å². The van der Waals surface area contributed by atoms with Crippen molar-refractivity contribution in [2.24, 2.45) is 0 Å². The Bertz CT molecular complexity index is 1040. The fourth-order valence-electron chi connectivity index (χ4n) is 6.80. The third-order valence-electron chi connectivity index (χ3n) is 10.00. The Kier molecular flexibility index (Phi) is 35.7. The van der Waals surface area contributed by atoms with Crippen LogP contribution < -0.4 is 0 Å². The van der Waals surface area contributed by atoms with E-state index in [4.69, 9.17) is 18.9 Å². The molecule has 0 rings (SSSR count). The van der Waals surface area contributed by atoms with E-state index in [1.165, 1.54) is 64.2 Å². The molecule has 0 aromatic heterocycles. The van der Waals surface area contributed by atoms with Crippen molar-refractivity contribution in [3.8, 4) is 0 Å². The maximum atomic E-state index is 12.7. The first-order valence-electron chi connectivity index (χ1n) is 22.7. The highest BCUT2D eigenvalue weighted by molar-refractivity contribution is 5.71. The lowest BCUT2D eigenvalue weighted by Crippen LogP contribution is -2.50. The molecule has 12 heteroatoms. The van der Waals surface area contributed by atoms with Gasteiger partial charge in [0.05, 0.1) is 33.9 Å². The van der Waals surface area contributed by atoms with Crippen LogP contribution in [0.4, 0.5) is 0 Å². The number of unbranched alkanes of at least 4 members (excludes halogenated alkanes) is 22. The van der Waals surface area contributed by atoms with Crippen molar-refractivity contribution in [3.63, 3.8) is 0 Å². The summed E-state index contributed by atoms with van der Waals surface area (Å²) < 4.78 is 21.9. The van der Waals surface area contributed by atoms with Gasteiger partial charge in [-0.25, -0.2) is 4.79 Å². The van der Waals surface area contributed by atoms with Crippen molar-refractivity contribution in [2.45, 2.75) is 193 Å². The zero-order valence-electron chi connectivity index (χ0n) is 37.1. The van der Waals surface area contributed by atoms with Crippen LogP contribution in [-0.4, -0.2) is 118 Å². The Balaban J connectivity index is 3.87. The molecule has 0 radical (unpaired) electrons. The highest BCUT2D eigenvalue weighted by Crippen LogP contribution is 2.15. The number of nitrogens with zero attached hydrogens (tertiary/aromatic N) is 2. The second kappa shape index (κ2) is 37.5. The summed E-state index contributed by atoms with van der Waals surface area (Å²) in [6.07, 6.45) is 27.2. The van der Waals surface area contributed by atoms with Crippen LogP contribution >= 0.6 is 0 Å². The standard InChI is InChI=1S/C45H84N2O10/c1-6-7-8-9-16-21-27-32-43(51)56-39-40(37-47(4,5)38-41(48)49)57-44(52)33-28-23-18-13-12-17-22-26-31-42(50)54-34-29-24-19-14-10-11-15-20-25-30-35-55-45(53)36-46(2)3/h40H,6-39H2,1-5H3/p+1. The Morgan fingerprint density at radius 2 is 0.877 bits per heavy atom. The Morgan fingerprint density at radius 3 is 1.30 bits per heavy atom. The van der Waals surface area contributed by atoms with E-state index in [2.05, 4.69) is 6.92 Å². The van der Waals surface area contributed by atoms with Gasteiger partial charge in [-0.05, 0) is 46.2 Å². The molecule has 0 bridgehead atoms. The summed E-state index contributed by atoms with van der Waals surface area (Å²) in [7, 11) is 7.24. The summed E-state index contributed by atoms with van der Waals surface area (Å²) in [5.74, 6) is -1.85. The lowest BCUT2D eigenvalue weighted by Gasteiger charge is -2.31. The number of quaternary nitrogens is 1. The van der Waals surface area contributed by atoms with E-state index in [0.29, 0.717) is 39.0 Å². The van der Waals surface area contributed by atoms with Gasteiger partial charge >= 0.3 is 29.8 Å². The number of rotatable bonds is 41. The highest BCUT2D eigenvalue weighted by atomic mass is 16.6. The quantitative estimate of drug-likeness (QED) is 0.0273. The molecule has 0 heterocycles. The summed E-state index contributed by atoms with van der Waals surface area (Å²) in [6.45, 7) is 3.61. The molecule has 0 aromatic rings. The molecule has 0 aliphatic carbocycles. The average Bonchev–Trinajstić information content (AvgIpc) is 3.13. The molecule has 0 aromatic carbocycles. The van der Waals surface area contributed by atoms with Crippen LogP contribution in [0.15, 0.2) is 0 Å². The number of likely N-dealkylation sites (N-methyl/N-ethyl adjacent to an activating group) is 2. The largest absolute Gasteiger partial charge is 0.477 e. The minimum absolute atomic E-state index is 0.0652. The maximum absolute atomic E-state index is 12.7. The number of carboxylic acid groups (broad SMARTS) is 1. The molecule has 334 valence electrons. The molecule has 0 saturated heterocycles. The topological polar surface area (TPSA) is 146 Å². The zero-order chi connectivity index (χ0) is 42.4. The summed E-state index contributed by atoms with van der Waals surface area (Å²) in [6, 6.07) is 0. The van der Waals surface area contributed by atoms with Crippen molar-refractivity contribution in [2.75, 3.05) is 67.6 Å². The Morgan fingerprint density at radius 1 is 0.509 bits per heavy atom. The highest BCUT2D eigenvalue weighted by Gasteiger charge is 2.28. The predicted octanol–water partition coefficient (Wildman–Crippen LogP) is 9.19. The molecule has 1 N–H and O–H groups in total. The first-order valence-corrected chi connectivity index (χ1v) is 22.7. The number of esters is 4. The monoisotopic (exact) mass is 814 g/mol. The lowest BCUT2D eigenvalue weighted by molar-refractivity contribution is -0.886. The Labute approximate surface area is 347 Å². The first kappa shape index (κ1) is 54.3. The van der Waals surface area contributed by atoms with Crippen molar-refractivity contribution < 1.29 is 52.5 Å². The van der Waals surface area contributed by atoms with Crippen LogP contribution in [0.3, 0.4) is 0 Å². The van der Waals surface area contributed by atoms with E-state index in [-0.39, 0.29) is 54.5 Å². The molecule has 0 aliphatic heterocycles.